The van der Waals surface area contributed by atoms with Crippen LogP contribution < -0.4 is 10.6 Å². The molecule has 5 aromatic rings. The smallest absolute Gasteiger partial charge is 0.177 e. The molecular weight excluding hydrogens is 450 g/mol. The van der Waals surface area contributed by atoms with Crippen molar-refractivity contribution in [1.82, 2.24) is 34.9 Å². The van der Waals surface area contributed by atoms with Gasteiger partial charge in [-0.3, -0.25) is 14.8 Å². The molecule has 1 aliphatic carbocycles. The third-order valence-electron chi connectivity index (χ3n) is 7.59. The largest absolute Gasteiger partial charge is 0.355 e. The summed E-state index contributed by atoms with van der Waals surface area (Å²) in [4.78, 5) is 16.5. The van der Waals surface area contributed by atoms with Gasteiger partial charge in [0.15, 0.2) is 5.65 Å². The highest BCUT2D eigenvalue weighted by Gasteiger charge is 2.69. The van der Waals surface area contributed by atoms with E-state index in [-0.39, 0.29) is 5.41 Å². The lowest BCUT2D eigenvalue weighted by Gasteiger charge is -2.26. The highest BCUT2D eigenvalue weighted by molar-refractivity contribution is 6.38. The van der Waals surface area contributed by atoms with Gasteiger partial charge in [0, 0.05) is 61.1 Å². The van der Waals surface area contributed by atoms with Crippen LogP contribution >= 0.6 is 11.6 Å². The molecule has 3 N–H and O–H groups in total. The van der Waals surface area contributed by atoms with Crippen molar-refractivity contribution < 1.29 is 0 Å². The molecule has 1 aliphatic heterocycles. The summed E-state index contributed by atoms with van der Waals surface area (Å²) in [7, 11) is 1.88. The lowest BCUT2D eigenvalue weighted by atomic mass is 9.95. The Morgan fingerprint density at radius 3 is 2.79 bits per heavy atom. The third-order valence-corrected chi connectivity index (χ3v) is 8.00. The maximum atomic E-state index is 6.71. The number of aryl methyl sites for hydroxylation is 1. The van der Waals surface area contributed by atoms with Gasteiger partial charge in [0.05, 0.1) is 16.7 Å². The number of fused-ring (bicyclic) bond motifs is 3. The highest BCUT2D eigenvalue weighted by Crippen LogP contribution is 2.62. The van der Waals surface area contributed by atoms with Crippen molar-refractivity contribution in [1.29, 1.82) is 0 Å². The van der Waals surface area contributed by atoms with Crippen molar-refractivity contribution in [3.8, 4) is 11.3 Å². The molecule has 4 aromatic heterocycles. The first-order chi connectivity index (χ1) is 16.6. The van der Waals surface area contributed by atoms with Crippen molar-refractivity contribution in [2.45, 2.75) is 5.41 Å². The van der Waals surface area contributed by atoms with Crippen LogP contribution in [-0.2, 0) is 12.5 Å². The van der Waals surface area contributed by atoms with E-state index in [1.165, 1.54) is 0 Å². The van der Waals surface area contributed by atoms with Crippen LogP contribution in [0.1, 0.15) is 5.69 Å². The molecule has 0 amide bonds. The van der Waals surface area contributed by atoms with Gasteiger partial charge < -0.3 is 10.6 Å². The quantitative estimate of drug-likeness (QED) is 0.414. The van der Waals surface area contributed by atoms with Crippen LogP contribution in [0.4, 0.5) is 5.82 Å². The molecule has 9 nitrogen and oxygen atoms in total. The number of hydrogen-bond acceptors (Lipinski definition) is 7. The molecule has 7 rings (SSSR count). The summed E-state index contributed by atoms with van der Waals surface area (Å²) in [5.74, 6) is 1.80. The first kappa shape index (κ1) is 19.9. The number of nitrogens with zero attached hydrogens (tertiary/aromatic N) is 7. The summed E-state index contributed by atoms with van der Waals surface area (Å²) in [6.45, 7) is 2.40. The number of nitrogens with one attached hydrogen (secondary N) is 1. The van der Waals surface area contributed by atoms with E-state index in [1.807, 2.05) is 49.9 Å². The lowest BCUT2D eigenvalue weighted by Crippen LogP contribution is -2.35. The van der Waals surface area contributed by atoms with Gasteiger partial charge in [-0.25, -0.2) is 9.97 Å². The summed E-state index contributed by atoms with van der Waals surface area (Å²) >= 11 is 6.71. The second kappa shape index (κ2) is 6.97. The Balaban J connectivity index is 1.19. The van der Waals surface area contributed by atoms with Crippen LogP contribution in [0.2, 0.25) is 5.02 Å². The molecular formula is C24H22ClN9. The standard InChI is InChI=1S/C24H22ClN9/c1-33-9-14-17(32-33)6-5-13(20(14)25)21-22-23(31-30-21)29-19(8-28-22)34-10-15-16(11-34)24(15,12-26)18-4-2-3-7-27-18/h2-9,15-16H,10-12,26H2,1H3,(H,29,30,31)/t15-,16+,24-. The van der Waals surface area contributed by atoms with Gasteiger partial charge in [0.25, 0.3) is 0 Å². The normalized spacial score (nSPS) is 23.7. The topological polar surface area (TPSA) is 114 Å². The van der Waals surface area contributed by atoms with Crippen LogP contribution in [-0.4, -0.2) is 54.6 Å². The Morgan fingerprint density at radius 1 is 1.18 bits per heavy atom. The summed E-state index contributed by atoms with van der Waals surface area (Å²) in [6, 6.07) is 9.96. The van der Waals surface area contributed by atoms with Crippen molar-refractivity contribution in [3.63, 3.8) is 0 Å². The van der Waals surface area contributed by atoms with Crippen molar-refractivity contribution in [2.24, 2.45) is 24.6 Å². The molecule has 0 unspecified atom stereocenters. The summed E-state index contributed by atoms with van der Waals surface area (Å²) < 4.78 is 1.75. The Morgan fingerprint density at radius 2 is 2.03 bits per heavy atom. The molecule has 1 saturated carbocycles. The first-order valence-corrected chi connectivity index (χ1v) is 11.7. The Labute approximate surface area is 200 Å². The molecule has 10 heteroatoms. The number of aromatic amines is 1. The minimum Gasteiger partial charge on any atom is -0.355 e. The molecule has 0 radical (unpaired) electrons. The van der Waals surface area contributed by atoms with E-state index >= 15 is 0 Å². The number of pyridine rings is 1. The monoisotopic (exact) mass is 471 g/mol. The van der Waals surface area contributed by atoms with Gasteiger partial charge >= 0.3 is 0 Å². The fraction of sp³-hybridized carbons (Fsp3) is 0.292. The predicted molar refractivity (Wildman–Crippen MR) is 131 cm³/mol. The van der Waals surface area contributed by atoms with E-state index in [2.05, 4.69) is 31.2 Å². The predicted octanol–water partition coefficient (Wildman–Crippen LogP) is 2.92. The Hall–Kier alpha value is -3.56. The fourth-order valence-electron chi connectivity index (χ4n) is 5.84. The third kappa shape index (κ3) is 2.62. The van der Waals surface area contributed by atoms with Gasteiger partial charge in [-0.15, -0.1) is 0 Å². The molecule has 0 bridgehead atoms. The fourth-order valence-corrected chi connectivity index (χ4v) is 6.14. The number of anilines is 1. The number of H-pyrrole nitrogens is 1. The molecule has 1 saturated heterocycles. The second-order valence-electron chi connectivity index (χ2n) is 9.24. The molecule has 34 heavy (non-hydrogen) atoms. The van der Waals surface area contributed by atoms with E-state index in [0.717, 1.165) is 41.1 Å². The minimum atomic E-state index is -0.0157. The second-order valence-corrected chi connectivity index (χ2v) is 9.62. The van der Waals surface area contributed by atoms with Crippen LogP contribution in [0.5, 0.6) is 0 Å². The van der Waals surface area contributed by atoms with E-state index in [0.29, 0.717) is 40.3 Å². The zero-order valence-corrected chi connectivity index (χ0v) is 19.2. The molecule has 2 aliphatic rings. The van der Waals surface area contributed by atoms with Gasteiger partial charge in [-0.1, -0.05) is 17.7 Å². The van der Waals surface area contributed by atoms with Crippen LogP contribution in [0.3, 0.4) is 0 Å². The average molecular weight is 472 g/mol. The molecule has 170 valence electrons. The number of piperidine rings is 1. The molecule has 3 atom stereocenters. The molecule has 5 heterocycles. The van der Waals surface area contributed by atoms with Crippen LogP contribution in [0.15, 0.2) is 48.9 Å². The molecule has 2 fully saturated rings. The van der Waals surface area contributed by atoms with Gasteiger partial charge in [0.1, 0.15) is 17.0 Å². The van der Waals surface area contributed by atoms with Crippen molar-refractivity contribution in [2.75, 3.05) is 24.5 Å². The number of halogens is 1. The van der Waals surface area contributed by atoms with Crippen molar-refractivity contribution in [3.05, 3.63) is 59.6 Å². The number of hydrogen-bond donors (Lipinski definition) is 2. The number of rotatable bonds is 4. The highest BCUT2D eigenvalue weighted by atomic mass is 35.5. The number of aromatic nitrogens is 7. The molecule has 1 aromatic carbocycles. The van der Waals surface area contributed by atoms with Gasteiger partial charge in [-0.2, -0.15) is 10.2 Å². The molecule has 0 spiro atoms. The van der Waals surface area contributed by atoms with Gasteiger partial charge in [-0.05, 0) is 36.1 Å². The van der Waals surface area contributed by atoms with Gasteiger partial charge in [0.2, 0.25) is 0 Å². The summed E-state index contributed by atoms with van der Waals surface area (Å²) in [5.41, 5.74) is 11.0. The van der Waals surface area contributed by atoms with E-state index in [4.69, 9.17) is 27.3 Å². The number of benzene rings is 1. The van der Waals surface area contributed by atoms with Crippen LogP contribution in [0.25, 0.3) is 33.3 Å². The summed E-state index contributed by atoms with van der Waals surface area (Å²) in [6.07, 6.45) is 5.59. The Bertz CT molecular complexity index is 1550. The average Bonchev–Trinajstić information content (AvgIpc) is 3.31. The van der Waals surface area contributed by atoms with E-state index in [9.17, 15) is 0 Å². The lowest BCUT2D eigenvalue weighted by molar-refractivity contribution is 0.538. The van der Waals surface area contributed by atoms with Crippen LogP contribution in [0, 0.1) is 11.8 Å². The van der Waals surface area contributed by atoms with Crippen molar-refractivity contribution >= 4 is 39.5 Å². The summed E-state index contributed by atoms with van der Waals surface area (Å²) in [5, 5.41) is 13.5. The SMILES string of the molecule is Cn1cc2c(Cl)c(-c3n[nH]c4nc(N5C[C@@H]6[C@H](C5)[C@]6(CN)c5ccccn5)cnc34)ccc2n1. The Kier molecular flexibility index (Phi) is 4.07. The zero-order chi connectivity index (χ0) is 23.0. The number of nitrogens with two attached hydrogens (primary N) is 1. The maximum Gasteiger partial charge on any atom is 0.177 e. The van der Waals surface area contributed by atoms with E-state index < -0.39 is 0 Å². The first-order valence-electron chi connectivity index (χ1n) is 11.3. The minimum absolute atomic E-state index is 0.0157. The zero-order valence-electron chi connectivity index (χ0n) is 18.5. The van der Waals surface area contributed by atoms with E-state index in [1.54, 1.807) is 4.68 Å². The maximum absolute atomic E-state index is 6.71.